The SMILES string of the molecule is Fc1ccc2[nH]cc(C3CCN(C4COCCN4c4nc5ccccc5o4)CC3)c2c1. The summed E-state index contributed by atoms with van der Waals surface area (Å²) in [4.78, 5) is 12.7. The molecule has 4 aromatic rings. The summed E-state index contributed by atoms with van der Waals surface area (Å²) in [6.07, 6.45) is 4.23. The van der Waals surface area contributed by atoms with Gasteiger partial charge in [0.1, 0.15) is 17.5 Å². The Bertz CT molecular complexity index is 1180. The first-order chi connectivity index (χ1) is 15.3. The van der Waals surface area contributed by atoms with Gasteiger partial charge < -0.3 is 19.0 Å². The standard InChI is InChI=1S/C24H25FN4O2/c25-17-5-6-20-18(13-17)19(14-26-20)16-7-9-28(10-8-16)23-15-30-12-11-29(23)24-27-21-3-1-2-4-22(21)31-24/h1-6,13-14,16,23,26H,7-12,15H2. The Morgan fingerprint density at radius 1 is 1.06 bits per heavy atom. The van der Waals surface area contributed by atoms with Crippen LogP contribution in [0.1, 0.15) is 24.3 Å². The summed E-state index contributed by atoms with van der Waals surface area (Å²) in [7, 11) is 0. The zero-order valence-corrected chi connectivity index (χ0v) is 17.3. The minimum absolute atomic E-state index is 0.114. The van der Waals surface area contributed by atoms with Gasteiger partial charge in [0.15, 0.2) is 5.58 Å². The molecular weight excluding hydrogens is 395 g/mol. The van der Waals surface area contributed by atoms with Gasteiger partial charge in [0, 0.05) is 36.7 Å². The van der Waals surface area contributed by atoms with Crippen molar-refractivity contribution in [2.24, 2.45) is 0 Å². The topological polar surface area (TPSA) is 57.5 Å². The molecule has 0 amide bonds. The van der Waals surface area contributed by atoms with Gasteiger partial charge in [-0.1, -0.05) is 12.1 Å². The van der Waals surface area contributed by atoms with Crippen molar-refractivity contribution in [3.63, 3.8) is 0 Å². The molecule has 2 aliphatic rings. The lowest BCUT2D eigenvalue weighted by Crippen LogP contribution is -2.57. The van der Waals surface area contributed by atoms with Gasteiger partial charge >= 0.3 is 0 Å². The number of fused-ring (bicyclic) bond motifs is 2. The maximum absolute atomic E-state index is 13.8. The number of para-hydroxylation sites is 2. The molecule has 160 valence electrons. The van der Waals surface area contributed by atoms with Crippen molar-refractivity contribution in [3.8, 4) is 0 Å². The van der Waals surface area contributed by atoms with Crippen LogP contribution >= 0.6 is 0 Å². The Kier molecular flexibility index (Phi) is 4.65. The number of morpholine rings is 1. The summed E-state index contributed by atoms with van der Waals surface area (Å²) in [6.45, 7) is 3.99. The highest BCUT2D eigenvalue weighted by Gasteiger charge is 2.34. The van der Waals surface area contributed by atoms with E-state index in [0.29, 0.717) is 25.1 Å². The maximum Gasteiger partial charge on any atom is 0.299 e. The predicted octanol–water partition coefficient (Wildman–Crippen LogP) is 4.49. The molecule has 0 radical (unpaired) electrons. The van der Waals surface area contributed by atoms with Gasteiger partial charge in [0.05, 0.1) is 13.2 Å². The fraction of sp³-hybridized carbons (Fsp3) is 0.375. The summed E-state index contributed by atoms with van der Waals surface area (Å²) in [5.74, 6) is 0.244. The number of piperidine rings is 1. The van der Waals surface area contributed by atoms with Crippen LogP contribution in [-0.2, 0) is 4.74 Å². The number of aromatic nitrogens is 2. The Balaban J connectivity index is 1.20. The fourth-order valence-corrected chi connectivity index (χ4v) is 5.06. The average Bonchev–Trinajstić information content (AvgIpc) is 3.43. The summed E-state index contributed by atoms with van der Waals surface area (Å²) in [5, 5.41) is 1.01. The average molecular weight is 420 g/mol. The van der Waals surface area contributed by atoms with Gasteiger partial charge in [0.2, 0.25) is 0 Å². The zero-order chi connectivity index (χ0) is 20.8. The molecule has 2 fully saturated rings. The van der Waals surface area contributed by atoms with E-state index in [2.05, 4.69) is 21.0 Å². The number of aromatic amines is 1. The first-order valence-electron chi connectivity index (χ1n) is 11.0. The molecule has 2 aliphatic heterocycles. The van der Waals surface area contributed by atoms with Crippen LogP contribution < -0.4 is 4.90 Å². The number of nitrogens with one attached hydrogen (secondary N) is 1. The van der Waals surface area contributed by atoms with Crippen LogP contribution in [0, 0.1) is 5.82 Å². The van der Waals surface area contributed by atoms with Crippen LogP contribution in [-0.4, -0.2) is 53.9 Å². The molecule has 2 aromatic carbocycles. The zero-order valence-electron chi connectivity index (χ0n) is 17.3. The Morgan fingerprint density at radius 2 is 1.94 bits per heavy atom. The number of ether oxygens (including phenoxy) is 1. The van der Waals surface area contributed by atoms with Crippen LogP contribution in [0.4, 0.5) is 10.4 Å². The lowest BCUT2D eigenvalue weighted by atomic mass is 9.89. The van der Waals surface area contributed by atoms with Crippen molar-refractivity contribution < 1.29 is 13.5 Å². The number of halogens is 1. The number of hydrogen-bond acceptors (Lipinski definition) is 5. The third-order valence-corrected chi connectivity index (χ3v) is 6.70. The van der Waals surface area contributed by atoms with E-state index >= 15 is 0 Å². The molecule has 6 rings (SSSR count). The van der Waals surface area contributed by atoms with Gasteiger partial charge in [-0.25, -0.2) is 4.39 Å². The Labute approximate surface area is 179 Å². The first-order valence-corrected chi connectivity index (χ1v) is 11.0. The van der Waals surface area contributed by atoms with Crippen molar-refractivity contribution in [3.05, 3.63) is 60.0 Å². The number of anilines is 1. The third kappa shape index (κ3) is 3.38. The van der Waals surface area contributed by atoms with Gasteiger partial charge in [-0.3, -0.25) is 4.90 Å². The monoisotopic (exact) mass is 420 g/mol. The number of hydrogen-bond donors (Lipinski definition) is 1. The molecule has 4 heterocycles. The smallest absolute Gasteiger partial charge is 0.299 e. The quantitative estimate of drug-likeness (QED) is 0.529. The van der Waals surface area contributed by atoms with E-state index in [9.17, 15) is 4.39 Å². The molecule has 2 aromatic heterocycles. The summed E-state index contributed by atoms with van der Waals surface area (Å²) >= 11 is 0. The molecule has 1 unspecified atom stereocenters. The number of oxazole rings is 1. The number of nitrogens with zero attached hydrogens (tertiary/aromatic N) is 3. The largest absolute Gasteiger partial charge is 0.423 e. The third-order valence-electron chi connectivity index (χ3n) is 6.70. The molecule has 6 nitrogen and oxygen atoms in total. The number of likely N-dealkylation sites (tertiary alicyclic amines) is 1. The predicted molar refractivity (Wildman–Crippen MR) is 118 cm³/mol. The van der Waals surface area contributed by atoms with Gasteiger partial charge in [-0.2, -0.15) is 4.98 Å². The Morgan fingerprint density at radius 3 is 2.81 bits per heavy atom. The van der Waals surface area contributed by atoms with Crippen LogP contribution in [0.15, 0.2) is 53.1 Å². The number of benzene rings is 2. The summed E-state index contributed by atoms with van der Waals surface area (Å²) in [5.41, 5.74) is 3.92. The van der Waals surface area contributed by atoms with Gasteiger partial charge in [-0.15, -0.1) is 0 Å². The van der Waals surface area contributed by atoms with E-state index in [0.717, 1.165) is 54.5 Å². The summed E-state index contributed by atoms with van der Waals surface area (Å²) < 4.78 is 25.7. The molecule has 7 heteroatoms. The van der Waals surface area contributed by atoms with E-state index < -0.39 is 0 Å². The lowest BCUT2D eigenvalue weighted by Gasteiger charge is -2.44. The van der Waals surface area contributed by atoms with Crippen LogP contribution in [0.5, 0.6) is 0 Å². The van der Waals surface area contributed by atoms with E-state index in [1.807, 2.05) is 30.3 Å². The van der Waals surface area contributed by atoms with Gasteiger partial charge in [0.25, 0.3) is 6.01 Å². The fourth-order valence-electron chi connectivity index (χ4n) is 5.06. The molecule has 1 atom stereocenters. The normalized spacial score (nSPS) is 21.3. The highest BCUT2D eigenvalue weighted by Crippen LogP contribution is 2.35. The highest BCUT2D eigenvalue weighted by atomic mass is 19.1. The van der Waals surface area contributed by atoms with Crippen molar-refractivity contribution >= 4 is 28.0 Å². The number of rotatable bonds is 3. The summed E-state index contributed by atoms with van der Waals surface area (Å²) in [6, 6.07) is 13.5. The minimum Gasteiger partial charge on any atom is -0.423 e. The second kappa shape index (κ2) is 7.66. The molecule has 0 spiro atoms. The van der Waals surface area contributed by atoms with E-state index in [1.54, 1.807) is 6.07 Å². The van der Waals surface area contributed by atoms with Crippen LogP contribution in [0.3, 0.4) is 0 Å². The molecule has 2 saturated heterocycles. The number of H-pyrrole nitrogens is 1. The highest BCUT2D eigenvalue weighted by molar-refractivity contribution is 5.83. The molecule has 31 heavy (non-hydrogen) atoms. The second-order valence-electron chi connectivity index (χ2n) is 8.46. The van der Waals surface area contributed by atoms with Crippen molar-refractivity contribution in [1.29, 1.82) is 0 Å². The minimum atomic E-state index is -0.181. The molecule has 0 saturated carbocycles. The van der Waals surface area contributed by atoms with Crippen molar-refractivity contribution in [2.75, 3.05) is 37.7 Å². The van der Waals surface area contributed by atoms with Crippen molar-refractivity contribution in [2.45, 2.75) is 24.9 Å². The van der Waals surface area contributed by atoms with E-state index in [4.69, 9.17) is 14.1 Å². The molecule has 0 bridgehead atoms. The second-order valence-corrected chi connectivity index (χ2v) is 8.46. The van der Waals surface area contributed by atoms with Crippen LogP contribution in [0.2, 0.25) is 0 Å². The lowest BCUT2D eigenvalue weighted by molar-refractivity contribution is 0.0172. The van der Waals surface area contributed by atoms with Gasteiger partial charge in [-0.05, 0) is 54.7 Å². The maximum atomic E-state index is 13.8. The molecule has 1 N–H and O–H groups in total. The Hall–Kier alpha value is -2.90. The molecule has 0 aliphatic carbocycles. The first kappa shape index (κ1) is 18.8. The van der Waals surface area contributed by atoms with Crippen molar-refractivity contribution in [1.82, 2.24) is 14.9 Å². The van der Waals surface area contributed by atoms with E-state index in [-0.39, 0.29) is 12.0 Å². The van der Waals surface area contributed by atoms with E-state index in [1.165, 1.54) is 11.6 Å². The molecular formula is C24H25FN4O2. The van der Waals surface area contributed by atoms with Crippen LogP contribution in [0.25, 0.3) is 22.0 Å².